The molecule has 0 radical (unpaired) electrons. The SMILES string of the molecule is COc1ccc(/C=C/c2ccc(-c3cnc(C)s3)s2)cc1. The van der Waals surface area contributed by atoms with E-state index in [1.807, 2.05) is 25.3 Å². The molecule has 2 heterocycles. The van der Waals surface area contributed by atoms with Gasteiger partial charge >= 0.3 is 0 Å². The van der Waals surface area contributed by atoms with Gasteiger partial charge in [0.15, 0.2) is 0 Å². The third kappa shape index (κ3) is 3.40. The second kappa shape index (κ2) is 6.24. The summed E-state index contributed by atoms with van der Waals surface area (Å²) in [6.45, 7) is 2.03. The van der Waals surface area contributed by atoms with Crippen molar-refractivity contribution in [1.29, 1.82) is 0 Å². The molecule has 0 aliphatic heterocycles. The van der Waals surface area contributed by atoms with E-state index in [0.717, 1.165) is 10.8 Å². The van der Waals surface area contributed by atoms with Crippen molar-refractivity contribution in [1.82, 2.24) is 4.98 Å². The molecule has 2 aromatic heterocycles. The highest BCUT2D eigenvalue weighted by molar-refractivity contribution is 7.22. The van der Waals surface area contributed by atoms with Crippen LogP contribution in [0.3, 0.4) is 0 Å². The first-order valence-electron chi connectivity index (χ1n) is 6.59. The van der Waals surface area contributed by atoms with Gasteiger partial charge in [-0.3, -0.25) is 0 Å². The van der Waals surface area contributed by atoms with Gasteiger partial charge in [0, 0.05) is 16.0 Å². The number of benzene rings is 1. The van der Waals surface area contributed by atoms with Crippen molar-refractivity contribution in [3.05, 3.63) is 58.0 Å². The molecule has 2 nitrogen and oxygen atoms in total. The first kappa shape index (κ1) is 14.0. The van der Waals surface area contributed by atoms with Crippen LogP contribution in [0, 0.1) is 6.92 Å². The normalized spacial score (nSPS) is 11.1. The Bertz CT molecular complexity index is 753. The Morgan fingerprint density at radius 2 is 1.76 bits per heavy atom. The Morgan fingerprint density at radius 1 is 0.952 bits per heavy atom. The van der Waals surface area contributed by atoms with Crippen molar-refractivity contribution >= 4 is 34.8 Å². The van der Waals surface area contributed by atoms with E-state index in [4.69, 9.17) is 4.74 Å². The van der Waals surface area contributed by atoms with Gasteiger partial charge < -0.3 is 4.74 Å². The van der Waals surface area contributed by atoms with Gasteiger partial charge in [-0.25, -0.2) is 4.98 Å². The third-order valence-electron chi connectivity index (χ3n) is 3.05. The predicted molar refractivity (Wildman–Crippen MR) is 92.1 cm³/mol. The van der Waals surface area contributed by atoms with Crippen molar-refractivity contribution in [2.45, 2.75) is 6.92 Å². The molecule has 0 aliphatic carbocycles. The number of thiazole rings is 1. The molecule has 0 amide bonds. The minimum Gasteiger partial charge on any atom is -0.497 e. The molecular weight excluding hydrogens is 298 g/mol. The van der Waals surface area contributed by atoms with Crippen LogP contribution in [0.15, 0.2) is 42.6 Å². The van der Waals surface area contributed by atoms with Crippen LogP contribution < -0.4 is 4.74 Å². The maximum Gasteiger partial charge on any atom is 0.118 e. The molecule has 3 rings (SSSR count). The molecule has 106 valence electrons. The van der Waals surface area contributed by atoms with Crippen LogP contribution in [-0.2, 0) is 0 Å². The molecule has 0 unspecified atom stereocenters. The summed E-state index contributed by atoms with van der Waals surface area (Å²) in [5, 5.41) is 1.11. The van der Waals surface area contributed by atoms with Crippen molar-refractivity contribution in [2.24, 2.45) is 0 Å². The summed E-state index contributed by atoms with van der Waals surface area (Å²) >= 11 is 3.52. The molecule has 1 aromatic carbocycles. The largest absolute Gasteiger partial charge is 0.497 e. The van der Waals surface area contributed by atoms with E-state index in [1.165, 1.54) is 20.2 Å². The molecule has 4 heteroatoms. The summed E-state index contributed by atoms with van der Waals surface area (Å²) in [5.41, 5.74) is 1.17. The van der Waals surface area contributed by atoms with Gasteiger partial charge in [-0.05, 0) is 42.8 Å². The van der Waals surface area contributed by atoms with Gasteiger partial charge in [0.1, 0.15) is 5.75 Å². The molecule has 0 bridgehead atoms. The molecule has 0 fully saturated rings. The zero-order valence-corrected chi connectivity index (χ0v) is 13.5. The second-order valence-electron chi connectivity index (χ2n) is 4.55. The minimum atomic E-state index is 0.881. The molecule has 0 atom stereocenters. The molecule has 3 aromatic rings. The van der Waals surface area contributed by atoms with Crippen LogP contribution in [0.5, 0.6) is 5.75 Å². The molecule has 0 saturated heterocycles. The fourth-order valence-corrected chi connectivity index (χ4v) is 3.71. The van der Waals surface area contributed by atoms with Crippen LogP contribution in [-0.4, -0.2) is 12.1 Å². The number of methoxy groups -OCH3 is 1. The molecular formula is C17H15NOS2. The highest BCUT2D eigenvalue weighted by atomic mass is 32.1. The summed E-state index contributed by atoms with van der Waals surface area (Å²) < 4.78 is 5.16. The summed E-state index contributed by atoms with van der Waals surface area (Å²) in [7, 11) is 1.68. The Balaban J connectivity index is 1.75. The Labute approximate surface area is 132 Å². The van der Waals surface area contributed by atoms with Gasteiger partial charge in [-0.2, -0.15) is 0 Å². The van der Waals surface area contributed by atoms with Gasteiger partial charge in [0.2, 0.25) is 0 Å². The maximum atomic E-state index is 5.16. The van der Waals surface area contributed by atoms with E-state index in [1.54, 1.807) is 29.8 Å². The molecule has 0 spiro atoms. The topological polar surface area (TPSA) is 22.1 Å². The van der Waals surface area contributed by atoms with Gasteiger partial charge in [0.05, 0.1) is 17.0 Å². The van der Waals surface area contributed by atoms with Gasteiger partial charge in [-0.15, -0.1) is 22.7 Å². The fourth-order valence-electron chi connectivity index (χ4n) is 1.94. The third-order valence-corrected chi connectivity index (χ3v) is 5.21. The standard InChI is InChI=1S/C17H15NOS2/c1-12-18-11-17(20-12)16-10-9-15(21-16)8-5-13-3-6-14(19-2)7-4-13/h3-11H,1-2H3/b8-5+. The number of aromatic nitrogens is 1. The van der Waals surface area contributed by atoms with E-state index in [-0.39, 0.29) is 0 Å². The lowest BCUT2D eigenvalue weighted by Crippen LogP contribution is -1.81. The van der Waals surface area contributed by atoms with E-state index in [0.29, 0.717) is 0 Å². The van der Waals surface area contributed by atoms with Crippen molar-refractivity contribution < 1.29 is 4.74 Å². The van der Waals surface area contributed by atoms with Crippen molar-refractivity contribution in [3.8, 4) is 15.5 Å². The fraction of sp³-hybridized carbons (Fsp3) is 0.118. The summed E-state index contributed by atoms with van der Waals surface area (Å²) in [4.78, 5) is 8.06. The lowest BCUT2D eigenvalue weighted by atomic mass is 10.2. The second-order valence-corrected chi connectivity index (χ2v) is 6.90. The minimum absolute atomic E-state index is 0.881. The summed E-state index contributed by atoms with van der Waals surface area (Å²) in [5.74, 6) is 0.881. The van der Waals surface area contributed by atoms with E-state index < -0.39 is 0 Å². The van der Waals surface area contributed by atoms with E-state index >= 15 is 0 Å². The molecule has 21 heavy (non-hydrogen) atoms. The Morgan fingerprint density at radius 3 is 2.43 bits per heavy atom. The first-order chi connectivity index (χ1) is 10.2. The maximum absolute atomic E-state index is 5.16. The van der Waals surface area contributed by atoms with Gasteiger partial charge in [-0.1, -0.05) is 18.2 Å². The van der Waals surface area contributed by atoms with Crippen LogP contribution in [0.25, 0.3) is 21.9 Å². The zero-order valence-electron chi connectivity index (χ0n) is 11.9. The predicted octanol–water partition coefficient (Wildman–Crippen LogP) is 5.36. The number of ether oxygens (including phenoxy) is 1. The lowest BCUT2D eigenvalue weighted by Gasteiger charge is -1.98. The number of rotatable bonds is 4. The smallest absolute Gasteiger partial charge is 0.118 e. The average molecular weight is 313 g/mol. The number of thiophene rings is 1. The van der Waals surface area contributed by atoms with Crippen LogP contribution >= 0.6 is 22.7 Å². The number of hydrogen-bond acceptors (Lipinski definition) is 4. The quantitative estimate of drug-likeness (QED) is 0.647. The van der Waals surface area contributed by atoms with Crippen LogP contribution in [0.4, 0.5) is 0 Å². The Hall–Kier alpha value is -1.91. The van der Waals surface area contributed by atoms with E-state index in [9.17, 15) is 0 Å². The highest BCUT2D eigenvalue weighted by Gasteiger charge is 2.04. The molecule has 0 N–H and O–H groups in total. The number of aryl methyl sites for hydroxylation is 1. The van der Waals surface area contributed by atoms with Crippen molar-refractivity contribution in [2.75, 3.05) is 7.11 Å². The number of nitrogens with zero attached hydrogens (tertiary/aromatic N) is 1. The van der Waals surface area contributed by atoms with Gasteiger partial charge in [0.25, 0.3) is 0 Å². The highest BCUT2D eigenvalue weighted by Crippen LogP contribution is 2.32. The first-order valence-corrected chi connectivity index (χ1v) is 8.23. The lowest BCUT2D eigenvalue weighted by molar-refractivity contribution is 0.415. The Kier molecular flexibility index (Phi) is 4.18. The van der Waals surface area contributed by atoms with E-state index in [2.05, 4.69) is 41.4 Å². The average Bonchev–Trinajstić information content (AvgIpc) is 3.14. The molecule has 0 aliphatic rings. The number of hydrogen-bond donors (Lipinski definition) is 0. The summed E-state index contributed by atoms with van der Waals surface area (Å²) in [6, 6.07) is 12.4. The summed E-state index contributed by atoms with van der Waals surface area (Å²) in [6.07, 6.45) is 6.21. The van der Waals surface area contributed by atoms with Crippen LogP contribution in [0.2, 0.25) is 0 Å². The molecule has 0 saturated carbocycles. The monoisotopic (exact) mass is 313 g/mol. The van der Waals surface area contributed by atoms with Crippen molar-refractivity contribution in [3.63, 3.8) is 0 Å². The van der Waals surface area contributed by atoms with Crippen LogP contribution in [0.1, 0.15) is 15.4 Å². The zero-order chi connectivity index (χ0) is 14.7.